The molecule has 0 aromatic heterocycles. The van der Waals surface area contributed by atoms with Crippen molar-refractivity contribution in [1.29, 1.82) is 0 Å². The number of nitrogens with zero attached hydrogens (tertiary/aromatic N) is 1. The van der Waals surface area contributed by atoms with E-state index in [2.05, 4.69) is 5.32 Å². The van der Waals surface area contributed by atoms with E-state index in [4.69, 9.17) is 5.11 Å². The zero-order valence-electron chi connectivity index (χ0n) is 16.1. The molecule has 2 rings (SSSR count). The van der Waals surface area contributed by atoms with Crippen LogP contribution in [0.3, 0.4) is 0 Å². The molecule has 150 valence electrons. The molecule has 1 heterocycles. The van der Waals surface area contributed by atoms with Crippen LogP contribution in [0.4, 0.5) is 0 Å². The van der Waals surface area contributed by atoms with E-state index in [1.165, 1.54) is 16.4 Å². The number of carboxylic acids is 1. The highest BCUT2D eigenvalue weighted by atomic mass is 32.2. The van der Waals surface area contributed by atoms with Crippen molar-refractivity contribution in [1.82, 2.24) is 9.62 Å². The number of hydrogen-bond donors (Lipinski definition) is 2. The summed E-state index contributed by atoms with van der Waals surface area (Å²) < 4.78 is 27.5. The Labute approximate surface area is 160 Å². The van der Waals surface area contributed by atoms with E-state index in [0.717, 1.165) is 19.3 Å². The normalized spacial score (nSPS) is 19.4. The van der Waals surface area contributed by atoms with Gasteiger partial charge in [0, 0.05) is 31.1 Å². The SMILES string of the molecule is Cc1ccc(S(=O)(=O)N2CCCCC2C)cc1C(=O)NCC(C)CC(=O)O. The highest BCUT2D eigenvalue weighted by Crippen LogP contribution is 2.26. The summed E-state index contributed by atoms with van der Waals surface area (Å²) in [6.07, 6.45) is 2.65. The quantitative estimate of drug-likeness (QED) is 0.736. The molecule has 1 aromatic rings. The van der Waals surface area contributed by atoms with Crippen LogP contribution in [-0.4, -0.2) is 48.8 Å². The summed E-state index contributed by atoms with van der Waals surface area (Å²) in [5.41, 5.74) is 0.965. The van der Waals surface area contributed by atoms with Crippen LogP contribution < -0.4 is 5.32 Å². The molecule has 0 spiro atoms. The van der Waals surface area contributed by atoms with Gasteiger partial charge in [-0.25, -0.2) is 8.42 Å². The highest BCUT2D eigenvalue weighted by Gasteiger charge is 2.31. The first kappa shape index (κ1) is 21.4. The number of rotatable bonds is 7. The molecule has 1 aliphatic rings. The minimum Gasteiger partial charge on any atom is -0.481 e. The summed E-state index contributed by atoms with van der Waals surface area (Å²) >= 11 is 0. The van der Waals surface area contributed by atoms with Crippen LogP contribution in [-0.2, 0) is 14.8 Å². The van der Waals surface area contributed by atoms with Gasteiger partial charge in [0.2, 0.25) is 10.0 Å². The molecule has 1 saturated heterocycles. The Morgan fingerprint density at radius 3 is 2.67 bits per heavy atom. The van der Waals surface area contributed by atoms with Gasteiger partial charge in [-0.05, 0) is 50.3 Å². The molecular formula is C19H28N2O5S. The van der Waals surface area contributed by atoms with Crippen LogP contribution in [0.5, 0.6) is 0 Å². The Morgan fingerprint density at radius 1 is 1.33 bits per heavy atom. The largest absolute Gasteiger partial charge is 0.481 e. The average molecular weight is 397 g/mol. The van der Waals surface area contributed by atoms with Gasteiger partial charge in [0.15, 0.2) is 0 Å². The van der Waals surface area contributed by atoms with Crippen LogP contribution >= 0.6 is 0 Å². The maximum absolute atomic E-state index is 13.0. The Kier molecular flexibility index (Phi) is 7.00. The minimum absolute atomic E-state index is 0.0411. The zero-order chi connectivity index (χ0) is 20.2. The first-order chi connectivity index (χ1) is 12.6. The molecule has 8 heteroatoms. The third-order valence-corrected chi connectivity index (χ3v) is 6.95. The standard InChI is InChI=1S/C19H28N2O5S/c1-13(10-18(22)23)12-20-19(24)17-11-16(8-7-14(17)2)27(25,26)21-9-5-4-6-15(21)3/h7-8,11,13,15H,4-6,9-10,12H2,1-3H3,(H,20,24)(H,22,23). The van der Waals surface area contributed by atoms with E-state index in [9.17, 15) is 18.0 Å². The van der Waals surface area contributed by atoms with Crippen molar-refractivity contribution in [3.05, 3.63) is 29.3 Å². The fourth-order valence-corrected chi connectivity index (χ4v) is 5.03. The molecule has 0 aliphatic carbocycles. The highest BCUT2D eigenvalue weighted by molar-refractivity contribution is 7.89. The lowest BCUT2D eigenvalue weighted by Crippen LogP contribution is -2.42. The van der Waals surface area contributed by atoms with Crippen molar-refractivity contribution in [2.45, 2.75) is 57.4 Å². The minimum atomic E-state index is -3.66. The summed E-state index contributed by atoms with van der Waals surface area (Å²) in [7, 11) is -3.66. The van der Waals surface area contributed by atoms with Gasteiger partial charge in [0.1, 0.15) is 0 Å². The fourth-order valence-electron chi connectivity index (χ4n) is 3.30. The third-order valence-electron chi connectivity index (χ3n) is 4.94. The predicted octanol–water partition coefficient (Wildman–Crippen LogP) is 2.40. The molecule has 2 N–H and O–H groups in total. The number of carbonyl (C=O) groups is 2. The lowest BCUT2D eigenvalue weighted by molar-refractivity contribution is -0.137. The lowest BCUT2D eigenvalue weighted by Gasteiger charge is -2.32. The van der Waals surface area contributed by atoms with Crippen LogP contribution in [0.25, 0.3) is 0 Å². The molecule has 1 aromatic carbocycles. The Bertz CT molecular complexity index is 806. The fraction of sp³-hybridized carbons (Fsp3) is 0.579. The second-order valence-electron chi connectivity index (χ2n) is 7.35. The van der Waals surface area contributed by atoms with Crippen molar-refractivity contribution in [2.75, 3.05) is 13.1 Å². The molecule has 0 saturated carbocycles. The van der Waals surface area contributed by atoms with E-state index in [1.54, 1.807) is 19.9 Å². The topological polar surface area (TPSA) is 104 Å². The molecule has 2 atom stereocenters. The van der Waals surface area contributed by atoms with Crippen molar-refractivity contribution in [3.63, 3.8) is 0 Å². The summed E-state index contributed by atoms with van der Waals surface area (Å²) in [4.78, 5) is 23.4. The van der Waals surface area contributed by atoms with Gasteiger partial charge in [-0.2, -0.15) is 4.31 Å². The Hall–Kier alpha value is -1.93. The molecule has 0 bridgehead atoms. The summed E-state index contributed by atoms with van der Waals surface area (Å²) in [5, 5.41) is 11.5. The number of piperidine rings is 1. The molecule has 1 aliphatic heterocycles. The van der Waals surface area contributed by atoms with Gasteiger partial charge in [0.25, 0.3) is 5.91 Å². The van der Waals surface area contributed by atoms with E-state index in [0.29, 0.717) is 17.7 Å². The Morgan fingerprint density at radius 2 is 2.04 bits per heavy atom. The van der Waals surface area contributed by atoms with Crippen molar-refractivity contribution in [3.8, 4) is 0 Å². The first-order valence-electron chi connectivity index (χ1n) is 9.25. The van der Waals surface area contributed by atoms with Crippen LogP contribution in [0.1, 0.15) is 55.5 Å². The summed E-state index contributed by atoms with van der Waals surface area (Å²) in [6.45, 7) is 6.09. The van der Waals surface area contributed by atoms with E-state index in [-0.39, 0.29) is 29.8 Å². The van der Waals surface area contributed by atoms with Gasteiger partial charge in [-0.1, -0.05) is 19.4 Å². The summed E-state index contributed by atoms with van der Waals surface area (Å²) in [6, 6.07) is 4.54. The van der Waals surface area contributed by atoms with Crippen LogP contribution in [0.2, 0.25) is 0 Å². The van der Waals surface area contributed by atoms with E-state index < -0.39 is 21.9 Å². The number of benzene rings is 1. The maximum Gasteiger partial charge on any atom is 0.303 e. The maximum atomic E-state index is 13.0. The van der Waals surface area contributed by atoms with E-state index in [1.807, 2.05) is 6.92 Å². The van der Waals surface area contributed by atoms with E-state index >= 15 is 0 Å². The van der Waals surface area contributed by atoms with Crippen LogP contribution in [0.15, 0.2) is 23.1 Å². The predicted molar refractivity (Wildman–Crippen MR) is 102 cm³/mol. The van der Waals surface area contributed by atoms with Crippen molar-refractivity contribution < 1.29 is 23.1 Å². The number of aliphatic carboxylic acids is 1. The second-order valence-corrected chi connectivity index (χ2v) is 9.24. The van der Waals surface area contributed by atoms with Gasteiger partial charge in [0.05, 0.1) is 4.90 Å². The molecular weight excluding hydrogens is 368 g/mol. The van der Waals surface area contributed by atoms with Gasteiger partial charge < -0.3 is 10.4 Å². The molecule has 1 fully saturated rings. The number of carboxylic acid groups (broad SMARTS) is 1. The molecule has 0 radical (unpaired) electrons. The van der Waals surface area contributed by atoms with Crippen LogP contribution in [0, 0.1) is 12.8 Å². The number of nitrogens with one attached hydrogen (secondary N) is 1. The van der Waals surface area contributed by atoms with Crippen molar-refractivity contribution >= 4 is 21.9 Å². The molecule has 1 amide bonds. The molecule has 2 unspecified atom stereocenters. The van der Waals surface area contributed by atoms with Gasteiger partial charge >= 0.3 is 5.97 Å². The smallest absolute Gasteiger partial charge is 0.303 e. The van der Waals surface area contributed by atoms with Gasteiger partial charge in [-0.15, -0.1) is 0 Å². The average Bonchev–Trinajstić information content (AvgIpc) is 2.59. The number of aryl methyl sites for hydroxylation is 1. The number of hydrogen-bond acceptors (Lipinski definition) is 4. The monoisotopic (exact) mass is 396 g/mol. The molecule has 27 heavy (non-hydrogen) atoms. The van der Waals surface area contributed by atoms with Crippen molar-refractivity contribution in [2.24, 2.45) is 5.92 Å². The first-order valence-corrected chi connectivity index (χ1v) is 10.7. The second kappa shape index (κ2) is 8.84. The lowest BCUT2D eigenvalue weighted by atomic mass is 10.1. The third kappa shape index (κ3) is 5.29. The Balaban J connectivity index is 2.20. The number of sulfonamides is 1. The zero-order valence-corrected chi connectivity index (χ0v) is 16.9. The number of carbonyl (C=O) groups excluding carboxylic acids is 1. The number of amides is 1. The molecule has 7 nitrogen and oxygen atoms in total. The van der Waals surface area contributed by atoms with Gasteiger partial charge in [-0.3, -0.25) is 9.59 Å². The summed E-state index contributed by atoms with van der Waals surface area (Å²) in [5.74, 6) is -1.53.